The van der Waals surface area contributed by atoms with Gasteiger partial charge >= 0.3 is 13.7 Å². The van der Waals surface area contributed by atoms with Crippen LogP contribution in [0, 0.1) is 27.7 Å². The predicted molar refractivity (Wildman–Crippen MR) is 254 cm³/mol. The summed E-state index contributed by atoms with van der Waals surface area (Å²) in [6.45, 7) is 8.97. The Balaban J connectivity index is 1.12. The lowest BCUT2D eigenvalue weighted by molar-refractivity contribution is 1.17. The molecule has 4 aliphatic rings. The van der Waals surface area contributed by atoms with Crippen LogP contribution in [0.4, 0.5) is 0 Å². The number of fused-ring (bicyclic) bond motifs is 21. The fraction of sp³-hybridized carbons (Fsp3) is 0.0741. The van der Waals surface area contributed by atoms with Gasteiger partial charge in [-0.15, -0.1) is 0 Å². The molecule has 0 saturated heterocycles. The number of hydrogen-bond donors (Lipinski definition) is 0. The minimum absolute atomic E-state index is 0.00982. The Morgan fingerprint density at radius 3 is 1.23 bits per heavy atom. The van der Waals surface area contributed by atoms with E-state index >= 15 is 0 Å². The third-order valence-corrected chi connectivity index (χ3v) is 15.1. The van der Waals surface area contributed by atoms with E-state index in [-0.39, 0.29) is 13.7 Å². The topological polar surface area (TPSA) is 19.7 Å². The van der Waals surface area contributed by atoms with Gasteiger partial charge in [-0.25, -0.2) is 0 Å². The molecule has 0 spiro atoms. The standard InChI is InChI=1S/C54H34B2N4/c1-27-11-19-43-39(23-27)35-17-15-31-33-7-5-9-37-49(33)59(55-41-25-29(3)13-21-45(41)57(43)51(35)47(31)55)53-38-10-6-8-34-32-16-18-36-40-24-28(2)12-20-44(40)58-46-22-14-30(4)26-42(46)56(48(32)52(36)58)60(50(34)38)54(37)53/h5-26H,1-4H3. The molecule has 0 unspecified atom stereocenters. The van der Waals surface area contributed by atoms with E-state index in [0.29, 0.717) is 0 Å². The van der Waals surface area contributed by atoms with Crippen LogP contribution >= 0.6 is 0 Å². The van der Waals surface area contributed by atoms with Crippen LogP contribution in [-0.4, -0.2) is 31.8 Å². The molecule has 6 heteroatoms. The summed E-state index contributed by atoms with van der Waals surface area (Å²) in [4.78, 5) is 0. The van der Waals surface area contributed by atoms with Gasteiger partial charge in [0, 0.05) is 65.9 Å². The van der Waals surface area contributed by atoms with Gasteiger partial charge in [-0.2, -0.15) is 0 Å². The average molecular weight is 761 g/mol. The molecule has 16 rings (SSSR count). The molecule has 60 heavy (non-hydrogen) atoms. The Morgan fingerprint density at radius 2 is 0.767 bits per heavy atom. The van der Waals surface area contributed by atoms with E-state index in [4.69, 9.17) is 0 Å². The molecule has 4 nitrogen and oxygen atoms in total. The molecule has 0 fully saturated rings. The first-order chi connectivity index (χ1) is 29.4. The van der Waals surface area contributed by atoms with E-state index < -0.39 is 0 Å². The fourth-order valence-electron chi connectivity index (χ4n) is 13.0. The fourth-order valence-corrected chi connectivity index (χ4v) is 13.0. The second-order valence-corrected chi connectivity index (χ2v) is 18.3. The van der Waals surface area contributed by atoms with Crippen molar-refractivity contribution in [1.82, 2.24) is 18.1 Å². The molecule has 8 heterocycles. The molecule has 4 aliphatic heterocycles. The SMILES string of the molecule is Cc1ccc2c(c1)B1c3c(ccc4c5cc(C)ccc5n-2c34)-c2cccc3c2n1c1c2cccc4c2n(c31)B1c2cc(C)ccc2-n2c3ccc(C)cc3c3ccc-4c1c32. The van der Waals surface area contributed by atoms with Crippen LogP contribution < -0.4 is 21.9 Å². The summed E-state index contributed by atoms with van der Waals surface area (Å²) in [7, 11) is 0. The number of hydrogen-bond acceptors (Lipinski definition) is 0. The maximum atomic E-state index is 2.79. The first-order valence-corrected chi connectivity index (χ1v) is 21.4. The van der Waals surface area contributed by atoms with E-state index in [9.17, 15) is 0 Å². The molecule has 0 saturated carbocycles. The highest BCUT2D eigenvalue weighted by molar-refractivity contribution is 6.92. The first-order valence-electron chi connectivity index (χ1n) is 21.4. The first kappa shape index (κ1) is 30.8. The monoisotopic (exact) mass is 760 g/mol. The molecule has 8 aromatic carbocycles. The summed E-state index contributed by atoms with van der Waals surface area (Å²) in [6.07, 6.45) is 0. The zero-order valence-electron chi connectivity index (χ0n) is 33.6. The van der Waals surface area contributed by atoms with Gasteiger partial charge in [0.1, 0.15) is 0 Å². The lowest BCUT2D eigenvalue weighted by atomic mass is 9.45. The van der Waals surface area contributed by atoms with Gasteiger partial charge in [0.15, 0.2) is 0 Å². The Morgan fingerprint density at radius 1 is 0.333 bits per heavy atom. The maximum absolute atomic E-state index is 2.79. The summed E-state index contributed by atoms with van der Waals surface area (Å²) in [5, 5.41) is 8.00. The highest BCUT2D eigenvalue weighted by atomic mass is 15.1. The second-order valence-electron chi connectivity index (χ2n) is 18.3. The van der Waals surface area contributed by atoms with E-state index in [0.717, 1.165) is 0 Å². The van der Waals surface area contributed by atoms with E-state index in [2.05, 4.69) is 179 Å². The Bertz CT molecular complexity index is 3860. The number of aromatic nitrogens is 4. The highest BCUT2D eigenvalue weighted by Crippen LogP contribution is 2.49. The van der Waals surface area contributed by atoms with Gasteiger partial charge in [-0.1, -0.05) is 119 Å². The zero-order chi connectivity index (χ0) is 39.2. The molecular weight excluding hydrogens is 726 g/mol. The average Bonchev–Trinajstić information content (AvgIpc) is 3.98. The van der Waals surface area contributed by atoms with E-state index in [1.54, 1.807) is 0 Å². The van der Waals surface area contributed by atoms with Crippen molar-refractivity contribution in [1.29, 1.82) is 0 Å². The maximum Gasteiger partial charge on any atom is 0.333 e. The number of rotatable bonds is 0. The Hall–Kier alpha value is -7.17. The van der Waals surface area contributed by atoms with Crippen molar-refractivity contribution in [3.63, 3.8) is 0 Å². The lowest BCUT2D eigenvalue weighted by Gasteiger charge is -2.34. The van der Waals surface area contributed by atoms with Gasteiger partial charge in [0.2, 0.25) is 0 Å². The summed E-state index contributed by atoms with van der Waals surface area (Å²) in [5.74, 6) is 0. The number of nitrogens with zero attached hydrogens (tertiary/aromatic N) is 4. The number of aryl methyl sites for hydroxylation is 4. The third-order valence-electron chi connectivity index (χ3n) is 15.1. The molecular formula is C54H34B2N4. The molecule has 276 valence electrons. The van der Waals surface area contributed by atoms with Gasteiger partial charge in [0.05, 0.1) is 33.1 Å². The number of para-hydroxylation sites is 2. The Kier molecular flexibility index (Phi) is 5.04. The second kappa shape index (κ2) is 9.81. The highest BCUT2D eigenvalue weighted by Gasteiger charge is 2.46. The normalized spacial score (nSPS) is 13.9. The van der Waals surface area contributed by atoms with Crippen LogP contribution in [0.1, 0.15) is 22.3 Å². The van der Waals surface area contributed by atoms with Crippen molar-refractivity contribution in [3.8, 4) is 33.6 Å². The zero-order valence-corrected chi connectivity index (χ0v) is 33.6. The van der Waals surface area contributed by atoms with Crippen molar-refractivity contribution in [2.45, 2.75) is 27.7 Å². The minimum Gasteiger partial charge on any atom is -0.374 e. The molecule has 0 radical (unpaired) electrons. The summed E-state index contributed by atoms with van der Waals surface area (Å²) < 4.78 is 10.7. The molecule has 0 bridgehead atoms. The van der Waals surface area contributed by atoms with Gasteiger partial charge in [-0.05, 0) is 97.1 Å². The molecule has 0 aliphatic carbocycles. The summed E-state index contributed by atoms with van der Waals surface area (Å²) in [6, 6.07) is 52.3. The third kappa shape index (κ3) is 3.19. The molecule has 4 aromatic heterocycles. The van der Waals surface area contributed by atoms with Crippen LogP contribution in [-0.2, 0) is 0 Å². The summed E-state index contributed by atoms with van der Waals surface area (Å²) >= 11 is 0. The van der Waals surface area contributed by atoms with Gasteiger partial charge in [0.25, 0.3) is 0 Å². The van der Waals surface area contributed by atoms with Gasteiger partial charge < -0.3 is 18.1 Å². The largest absolute Gasteiger partial charge is 0.374 e. The van der Waals surface area contributed by atoms with E-state index in [1.165, 1.54) is 154 Å². The van der Waals surface area contributed by atoms with Crippen LogP contribution in [0.25, 0.3) is 110 Å². The van der Waals surface area contributed by atoms with E-state index in [1.807, 2.05) is 0 Å². The quantitative estimate of drug-likeness (QED) is 0.137. The van der Waals surface area contributed by atoms with Crippen molar-refractivity contribution < 1.29 is 0 Å². The van der Waals surface area contributed by atoms with Crippen LogP contribution in [0.2, 0.25) is 0 Å². The molecule has 0 N–H and O–H groups in total. The van der Waals surface area contributed by atoms with Crippen LogP contribution in [0.3, 0.4) is 0 Å². The van der Waals surface area contributed by atoms with Crippen molar-refractivity contribution in [3.05, 3.63) is 156 Å². The summed E-state index contributed by atoms with van der Waals surface area (Å²) in [5.41, 5.74) is 29.3. The Labute approximate surface area is 345 Å². The molecule has 0 amide bonds. The predicted octanol–water partition coefficient (Wildman–Crippen LogP) is 10.1. The van der Waals surface area contributed by atoms with Crippen molar-refractivity contribution in [2.75, 3.05) is 0 Å². The lowest BCUT2D eigenvalue weighted by Crippen LogP contribution is -2.55. The van der Waals surface area contributed by atoms with Crippen LogP contribution in [0.15, 0.2) is 133 Å². The number of benzene rings is 8. The van der Waals surface area contributed by atoms with Crippen molar-refractivity contribution >= 4 is 112 Å². The minimum atomic E-state index is 0.00982. The molecule has 12 aromatic rings. The van der Waals surface area contributed by atoms with Gasteiger partial charge in [-0.3, -0.25) is 0 Å². The smallest absolute Gasteiger partial charge is 0.333 e. The van der Waals surface area contributed by atoms with Crippen molar-refractivity contribution in [2.24, 2.45) is 0 Å². The molecule has 0 atom stereocenters. The van der Waals surface area contributed by atoms with Crippen LogP contribution in [0.5, 0.6) is 0 Å².